The summed E-state index contributed by atoms with van der Waals surface area (Å²) in [5.41, 5.74) is 2.32. The highest BCUT2D eigenvalue weighted by Gasteiger charge is 2.03. The molecule has 6 heteroatoms. The molecule has 3 aromatic rings. The summed E-state index contributed by atoms with van der Waals surface area (Å²) in [6.07, 6.45) is 2.74. The summed E-state index contributed by atoms with van der Waals surface area (Å²) in [5, 5.41) is 13.2. The number of anilines is 1. The van der Waals surface area contributed by atoms with E-state index in [1.807, 2.05) is 12.3 Å². The molecule has 0 atom stereocenters. The van der Waals surface area contributed by atoms with Crippen molar-refractivity contribution in [1.82, 2.24) is 15.2 Å². The molecular weight excluding hydrogens is 324 g/mol. The van der Waals surface area contributed by atoms with E-state index in [9.17, 15) is 0 Å². The average Bonchev–Trinajstić information content (AvgIpc) is 2.85. The monoisotopic (exact) mass is 334 g/mol. The van der Waals surface area contributed by atoms with Crippen LogP contribution in [-0.2, 0) is 6.42 Å². The summed E-state index contributed by atoms with van der Waals surface area (Å²) in [4.78, 5) is 4.45. The van der Waals surface area contributed by atoms with Crippen molar-refractivity contribution in [3.05, 3.63) is 46.0 Å². The van der Waals surface area contributed by atoms with E-state index < -0.39 is 0 Å². The second kappa shape index (κ2) is 5.63. The van der Waals surface area contributed by atoms with Gasteiger partial charge < -0.3 is 5.32 Å². The minimum Gasteiger partial charge on any atom is -0.360 e. The zero-order valence-corrected chi connectivity index (χ0v) is 12.4. The lowest BCUT2D eigenvalue weighted by Gasteiger charge is -2.05. The molecule has 0 radical (unpaired) electrons. The third kappa shape index (κ3) is 2.90. The van der Waals surface area contributed by atoms with Crippen LogP contribution in [0.4, 0.5) is 5.13 Å². The van der Waals surface area contributed by atoms with Crippen molar-refractivity contribution in [3.63, 3.8) is 0 Å². The van der Waals surface area contributed by atoms with Crippen LogP contribution in [0, 0.1) is 0 Å². The van der Waals surface area contributed by atoms with Crippen LogP contribution >= 0.6 is 27.3 Å². The number of para-hydroxylation sites is 1. The van der Waals surface area contributed by atoms with Gasteiger partial charge in [-0.25, -0.2) is 0 Å². The van der Waals surface area contributed by atoms with Crippen LogP contribution in [0.15, 0.2) is 40.4 Å². The predicted molar refractivity (Wildman–Crippen MR) is 81.5 cm³/mol. The van der Waals surface area contributed by atoms with Crippen molar-refractivity contribution in [3.8, 4) is 0 Å². The Labute approximate surface area is 123 Å². The molecule has 0 spiro atoms. The molecule has 96 valence electrons. The van der Waals surface area contributed by atoms with E-state index in [0.29, 0.717) is 0 Å². The Morgan fingerprint density at radius 3 is 2.89 bits per heavy atom. The topological polar surface area (TPSA) is 50.7 Å². The Bertz CT molecular complexity index is 692. The van der Waals surface area contributed by atoms with Crippen LogP contribution in [0.5, 0.6) is 0 Å². The Kier molecular flexibility index (Phi) is 3.70. The highest BCUT2D eigenvalue weighted by molar-refractivity contribution is 9.11. The summed E-state index contributed by atoms with van der Waals surface area (Å²) in [6.45, 7) is 0.817. The van der Waals surface area contributed by atoms with Gasteiger partial charge in [-0.3, -0.25) is 4.98 Å². The number of nitrogens with zero attached hydrogens (tertiary/aromatic N) is 3. The van der Waals surface area contributed by atoms with E-state index in [-0.39, 0.29) is 0 Å². The molecule has 1 N–H and O–H groups in total. The Hall–Kier alpha value is -1.53. The molecule has 0 aliphatic carbocycles. The molecular formula is C13H11BrN4S. The first-order valence-corrected chi connectivity index (χ1v) is 7.49. The molecule has 0 aliphatic rings. The zero-order chi connectivity index (χ0) is 13.1. The average molecular weight is 335 g/mol. The molecule has 0 amide bonds. The normalized spacial score (nSPS) is 10.8. The van der Waals surface area contributed by atoms with E-state index in [0.717, 1.165) is 27.5 Å². The number of pyridine rings is 1. The molecule has 2 heterocycles. The number of aromatic nitrogens is 3. The van der Waals surface area contributed by atoms with E-state index in [4.69, 9.17) is 0 Å². The second-order valence-corrected chi connectivity index (χ2v) is 6.28. The van der Waals surface area contributed by atoms with Crippen LogP contribution in [0.1, 0.15) is 5.56 Å². The molecule has 0 aliphatic heterocycles. The zero-order valence-electron chi connectivity index (χ0n) is 10.0. The lowest BCUT2D eigenvalue weighted by molar-refractivity contribution is 0.994. The molecule has 0 fully saturated rings. The smallest absolute Gasteiger partial charge is 0.206 e. The number of fused-ring (bicyclic) bond motifs is 1. The standard InChI is InChI=1S/C13H11BrN4S/c14-12-17-18-13(19-12)16-8-6-10-4-1-3-9-5-2-7-15-11(9)10/h1-5,7H,6,8H2,(H,16,18). The SMILES string of the molecule is Brc1nnc(NCCc2cccc3cccnc23)s1. The fourth-order valence-electron chi connectivity index (χ4n) is 1.95. The Balaban J connectivity index is 1.71. The molecule has 0 bridgehead atoms. The minimum atomic E-state index is 0.793. The van der Waals surface area contributed by atoms with Gasteiger partial charge >= 0.3 is 0 Å². The molecule has 1 aromatic carbocycles. The first kappa shape index (κ1) is 12.5. The fraction of sp³-hybridized carbons (Fsp3) is 0.154. The number of rotatable bonds is 4. The van der Waals surface area contributed by atoms with E-state index in [2.05, 4.69) is 60.7 Å². The van der Waals surface area contributed by atoms with Gasteiger partial charge in [-0.1, -0.05) is 35.6 Å². The number of benzene rings is 1. The van der Waals surface area contributed by atoms with Gasteiger partial charge in [0.15, 0.2) is 3.92 Å². The number of hydrogen-bond donors (Lipinski definition) is 1. The van der Waals surface area contributed by atoms with Gasteiger partial charge in [-0.05, 0) is 34.0 Å². The third-order valence-electron chi connectivity index (χ3n) is 2.79. The third-order valence-corrected chi connectivity index (χ3v) is 4.10. The van der Waals surface area contributed by atoms with Crippen LogP contribution in [-0.4, -0.2) is 21.7 Å². The summed E-state index contributed by atoms with van der Waals surface area (Å²) in [6, 6.07) is 10.3. The van der Waals surface area contributed by atoms with Crippen LogP contribution in [0.2, 0.25) is 0 Å². The molecule has 19 heavy (non-hydrogen) atoms. The van der Waals surface area contributed by atoms with Crippen molar-refractivity contribution in [2.45, 2.75) is 6.42 Å². The van der Waals surface area contributed by atoms with E-state index >= 15 is 0 Å². The van der Waals surface area contributed by atoms with Crippen LogP contribution < -0.4 is 5.32 Å². The van der Waals surface area contributed by atoms with Gasteiger partial charge in [-0.15, -0.1) is 10.2 Å². The molecule has 2 aromatic heterocycles. The number of nitrogens with one attached hydrogen (secondary N) is 1. The number of hydrogen-bond acceptors (Lipinski definition) is 5. The fourth-order valence-corrected chi connectivity index (χ4v) is 2.99. The van der Waals surface area contributed by atoms with E-state index in [1.165, 1.54) is 22.3 Å². The lowest BCUT2D eigenvalue weighted by atomic mass is 10.1. The Morgan fingerprint density at radius 2 is 2.05 bits per heavy atom. The number of halogens is 1. The molecule has 0 saturated heterocycles. The van der Waals surface area contributed by atoms with Gasteiger partial charge in [0.1, 0.15) is 0 Å². The maximum absolute atomic E-state index is 4.45. The Morgan fingerprint density at radius 1 is 1.16 bits per heavy atom. The molecule has 3 rings (SSSR count). The summed E-state index contributed by atoms with van der Waals surface area (Å²) < 4.78 is 0.793. The van der Waals surface area contributed by atoms with Gasteiger partial charge in [0.2, 0.25) is 5.13 Å². The largest absolute Gasteiger partial charge is 0.360 e. The summed E-state index contributed by atoms with van der Waals surface area (Å²) >= 11 is 4.79. The summed E-state index contributed by atoms with van der Waals surface area (Å²) in [7, 11) is 0. The quantitative estimate of drug-likeness (QED) is 0.793. The van der Waals surface area contributed by atoms with Crippen molar-refractivity contribution < 1.29 is 0 Å². The minimum absolute atomic E-state index is 0.793. The van der Waals surface area contributed by atoms with E-state index in [1.54, 1.807) is 0 Å². The summed E-state index contributed by atoms with van der Waals surface area (Å²) in [5.74, 6) is 0. The highest BCUT2D eigenvalue weighted by atomic mass is 79.9. The van der Waals surface area contributed by atoms with Gasteiger partial charge in [0.25, 0.3) is 0 Å². The van der Waals surface area contributed by atoms with Crippen molar-refractivity contribution in [2.75, 3.05) is 11.9 Å². The van der Waals surface area contributed by atoms with Crippen LogP contribution in [0.25, 0.3) is 10.9 Å². The van der Waals surface area contributed by atoms with Crippen molar-refractivity contribution in [1.29, 1.82) is 0 Å². The first-order chi connectivity index (χ1) is 9.33. The predicted octanol–water partition coefficient (Wildman–Crippen LogP) is 3.50. The maximum Gasteiger partial charge on any atom is 0.206 e. The van der Waals surface area contributed by atoms with Crippen molar-refractivity contribution in [2.24, 2.45) is 0 Å². The first-order valence-electron chi connectivity index (χ1n) is 5.88. The van der Waals surface area contributed by atoms with Gasteiger partial charge in [-0.2, -0.15) is 0 Å². The van der Waals surface area contributed by atoms with Gasteiger partial charge in [0, 0.05) is 18.1 Å². The lowest BCUT2D eigenvalue weighted by Crippen LogP contribution is -2.05. The van der Waals surface area contributed by atoms with Crippen molar-refractivity contribution >= 4 is 43.3 Å². The second-order valence-electron chi connectivity index (χ2n) is 4.03. The maximum atomic E-state index is 4.45. The highest BCUT2D eigenvalue weighted by Crippen LogP contribution is 2.20. The molecule has 0 saturated carbocycles. The molecule has 4 nitrogen and oxygen atoms in total. The van der Waals surface area contributed by atoms with Crippen LogP contribution in [0.3, 0.4) is 0 Å². The molecule has 0 unspecified atom stereocenters. The van der Waals surface area contributed by atoms with Gasteiger partial charge in [0.05, 0.1) is 5.52 Å².